The van der Waals surface area contributed by atoms with Crippen LogP contribution in [-0.4, -0.2) is 43.9 Å². The van der Waals surface area contributed by atoms with E-state index in [1.54, 1.807) is 24.3 Å². The summed E-state index contributed by atoms with van der Waals surface area (Å²) in [7, 11) is 3.91. The first-order valence-corrected chi connectivity index (χ1v) is 8.81. The molecule has 0 heterocycles. The number of hydrogen-bond donors (Lipinski definition) is 2. The van der Waals surface area contributed by atoms with Gasteiger partial charge >= 0.3 is 0 Å². The minimum absolute atomic E-state index is 0.136. The molecule has 2 rings (SSSR count). The van der Waals surface area contributed by atoms with Crippen molar-refractivity contribution in [2.24, 2.45) is 0 Å². The Kier molecular flexibility index (Phi) is 6.92. The van der Waals surface area contributed by atoms with E-state index < -0.39 is 0 Å². The van der Waals surface area contributed by atoms with Crippen molar-refractivity contribution in [3.8, 4) is 0 Å². The zero-order valence-electron chi connectivity index (χ0n) is 15.9. The quantitative estimate of drug-likeness (QED) is 0.802. The molecule has 26 heavy (non-hydrogen) atoms. The van der Waals surface area contributed by atoms with Gasteiger partial charge in [0.05, 0.1) is 0 Å². The molecule has 0 spiro atoms. The summed E-state index contributed by atoms with van der Waals surface area (Å²) in [6, 6.07) is 14.5. The van der Waals surface area contributed by atoms with Crippen LogP contribution in [0.5, 0.6) is 0 Å². The van der Waals surface area contributed by atoms with Crippen LogP contribution in [0.2, 0.25) is 0 Å². The lowest BCUT2D eigenvalue weighted by atomic mass is 10.0. The van der Waals surface area contributed by atoms with E-state index in [0.717, 1.165) is 12.2 Å². The molecule has 2 amide bonds. The molecular formula is C21H27N3O2. The smallest absolute Gasteiger partial charge is 0.255 e. The number of amides is 2. The lowest BCUT2D eigenvalue weighted by Crippen LogP contribution is -2.31. The molecule has 0 aliphatic heterocycles. The molecule has 2 aromatic carbocycles. The van der Waals surface area contributed by atoms with Crippen LogP contribution in [0.3, 0.4) is 0 Å². The zero-order chi connectivity index (χ0) is 19.1. The lowest BCUT2D eigenvalue weighted by Gasteiger charge is -2.11. The van der Waals surface area contributed by atoms with E-state index in [4.69, 9.17) is 0 Å². The molecule has 138 valence electrons. The fourth-order valence-corrected chi connectivity index (χ4v) is 2.42. The number of rotatable bonds is 7. The normalized spacial score (nSPS) is 10.8. The van der Waals surface area contributed by atoms with Crippen molar-refractivity contribution >= 4 is 17.5 Å². The molecular weight excluding hydrogens is 326 g/mol. The summed E-state index contributed by atoms with van der Waals surface area (Å²) < 4.78 is 0. The highest BCUT2D eigenvalue weighted by Gasteiger charge is 2.09. The van der Waals surface area contributed by atoms with Gasteiger partial charge in [-0.3, -0.25) is 9.59 Å². The Morgan fingerprint density at radius 1 is 0.885 bits per heavy atom. The molecule has 0 fully saturated rings. The summed E-state index contributed by atoms with van der Waals surface area (Å²) in [5.74, 6) is 0.126. The van der Waals surface area contributed by atoms with Crippen molar-refractivity contribution in [1.29, 1.82) is 0 Å². The first-order chi connectivity index (χ1) is 12.4. The van der Waals surface area contributed by atoms with E-state index in [1.165, 1.54) is 5.56 Å². The van der Waals surface area contributed by atoms with Gasteiger partial charge in [0.25, 0.3) is 11.8 Å². The zero-order valence-corrected chi connectivity index (χ0v) is 15.9. The predicted octanol–water partition coefficient (Wildman–Crippen LogP) is 3.35. The monoisotopic (exact) mass is 353 g/mol. The van der Waals surface area contributed by atoms with Gasteiger partial charge in [0.2, 0.25) is 0 Å². The Bertz CT molecular complexity index is 735. The van der Waals surface area contributed by atoms with Crippen LogP contribution in [0.4, 0.5) is 5.69 Å². The van der Waals surface area contributed by atoms with Gasteiger partial charge in [-0.1, -0.05) is 26.0 Å². The third-order valence-electron chi connectivity index (χ3n) is 4.09. The molecule has 0 aromatic heterocycles. The Labute approximate surface area is 155 Å². The second-order valence-electron chi connectivity index (χ2n) is 6.87. The highest BCUT2D eigenvalue weighted by molar-refractivity contribution is 6.05. The van der Waals surface area contributed by atoms with Gasteiger partial charge in [0.15, 0.2) is 0 Å². The Hall–Kier alpha value is -2.66. The Balaban J connectivity index is 1.94. The van der Waals surface area contributed by atoms with E-state index in [1.807, 2.05) is 43.3 Å². The summed E-state index contributed by atoms with van der Waals surface area (Å²) in [6.45, 7) is 5.62. The molecule has 5 heteroatoms. The van der Waals surface area contributed by atoms with Gasteiger partial charge < -0.3 is 15.5 Å². The third kappa shape index (κ3) is 5.70. The SMILES string of the molecule is CC(C)c1ccc(NC(=O)c2ccc(C(=O)NCCN(C)C)cc2)cc1. The molecule has 2 N–H and O–H groups in total. The van der Waals surface area contributed by atoms with E-state index in [9.17, 15) is 9.59 Å². The fraction of sp³-hybridized carbons (Fsp3) is 0.333. The number of likely N-dealkylation sites (N-methyl/N-ethyl adjacent to an activating group) is 1. The largest absolute Gasteiger partial charge is 0.351 e. The van der Waals surface area contributed by atoms with Crippen molar-refractivity contribution in [3.63, 3.8) is 0 Å². The average molecular weight is 353 g/mol. The number of carbonyl (C=O) groups is 2. The van der Waals surface area contributed by atoms with Gasteiger partial charge in [0.1, 0.15) is 0 Å². The van der Waals surface area contributed by atoms with Crippen molar-refractivity contribution in [2.45, 2.75) is 19.8 Å². The van der Waals surface area contributed by atoms with Gasteiger partial charge in [-0.2, -0.15) is 0 Å². The molecule has 0 saturated heterocycles. The number of anilines is 1. The summed E-state index contributed by atoms with van der Waals surface area (Å²) in [5.41, 5.74) is 3.04. The van der Waals surface area contributed by atoms with Crippen LogP contribution in [0, 0.1) is 0 Å². The van der Waals surface area contributed by atoms with Gasteiger partial charge in [-0.05, 0) is 62.0 Å². The van der Waals surface area contributed by atoms with Crippen LogP contribution in [0.15, 0.2) is 48.5 Å². The average Bonchev–Trinajstić information content (AvgIpc) is 2.62. The minimum atomic E-state index is -0.193. The minimum Gasteiger partial charge on any atom is -0.351 e. The Morgan fingerprint density at radius 2 is 1.42 bits per heavy atom. The summed E-state index contributed by atoms with van der Waals surface area (Å²) in [6.07, 6.45) is 0. The third-order valence-corrected chi connectivity index (χ3v) is 4.09. The number of nitrogens with zero attached hydrogens (tertiary/aromatic N) is 1. The standard InChI is InChI=1S/C21H27N3O2/c1-15(2)16-9-11-19(12-10-16)23-21(26)18-7-5-17(6-8-18)20(25)22-13-14-24(3)4/h5-12,15H,13-14H2,1-4H3,(H,22,25)(H,23,26). The first kappa shape index (κ1) is 19.7. The highest BCUT2D eigenvalue weighted by Crippen LogP contribution is 2.17. The maximum atomic E-state index is 12.3. The van der Waals surface area contributed by atoms with Crippen molar-refractivity contribution < 1.29 is 9.59 Å². The molecule has 2 aromatic rings. The van der Waals surface area contributed by atoms with Crippen LogP contribution in [0.1, 0.15) is 46.0 Å². The lowest BCUT2D eigenvalue weighted by molar-refractivity contribution is 0.0949. The number of carbonyl (C=O) groups excluding carboxylic acids is 2. The van der Waals surface area contributed by atoms with Crippen molar-refractivity contribution in [1.82, 2.24) is 10.2 Å². The van der Waals surface area contributed by atoms with Crippen molar-refractivity contribution in [3.05, 3.63) is 65.2 Å². The maximum Gasteiger partial charge on any atom is 0.255 e. The summed E-state index contributed by atoms with van der Waals surface area (Å²) in [5, 5.41) is 5.73. The molecule has 0 bridgehead atoms. The molecule has 0 aliphatic rings. The van der Waals surface area contributed by atoms with E-state index in [-0.39, 0.29) is 11.8 Å². The van der Waals surface area contributed by atoms with Crippen LogP contribution >= 0.6 is 0 Å². The van der Waals surface area contributed by atoms with Crippen molar-refractivity contribution in [2.75, 3.05) is 32.5 Å². The first-order valence-electron chi connectivity index (χ1n) is 8.81. The second-order valence-corrected chi connectivity index (χ2v) is 6.87. The molecule has 0 saturated carbocycles. The Morgan fingerprint density at radius 3 is 1.92 bits per heavy atom. The van der Waals surface area contributed by atoms with Gasteiger partial charge in [0, 0.05) is 29.9 Å². The molecule has 0 radical (unpaired) electrons. The number of benzene rings is 2. The molecule has 0 unspecified atom stereocenters. The second kappa shape index (κ2) is 9.15. The fourth-order valence-electron chi connectivity index (χ4n) is 2.42. The van der Waals surface area contributed by atoms with E-state index in [0.29, 0.717) is 23.6 Å². The number of hydrogen-bond acceptors (Lipinski definition) is 3. The molecule has 0 atom stereocenters. The summed E-state index contributed by atoms with van der Waals surface area (Å²) in [4.78, 5) is 26.4. The van der Waals surface area contributed by atoms with Crippen LogP contribution < -0.4 is 10.6 Å². The van der Waals surface area contributed by atoms with E-state index >= 15 is 0 Å². The van der Waals surface area contributed by atoms with Crippen LogP contribution in [-0.2, 0) is 0 Å². The topological polar surface area (TPSA) is 61.4 Å². The molecule has 0 aliphatic carbocycles. The summed E-state index contributed by atoms with van der Waals surface area (Å²) >= 11 is 0. The maximum absolute atomic E-state index is 12.3. The van der Waals surface area contributed by atoms with Gasteiger partial charge in [-0.25, -0.2) is 0 Å². The van der Waals surface area contributed by atoms with E-state index in [2.05, 4.69) is 24.5 Å². The predicted molar refractivity (Wildman–Crippen MR) is 106 cm³/mol. The number of nitrogens with one attached hydrogen (secondary N) is 2. The van der Waals surface area contributed by atoms with Crippen LogP contribution in [0.25, 0.3) is 0 Å². The highest BCUT2D eigenvalue weighted by atomic mass is 16.2. The molecule has 5 nitrogen and oxygen atoms in total. The van der Waals surface area contributed by atoms with Gasteiger partial charge in [-0.15, -0.1) is 0 Å².